The van der Waals surface area contributed by atoms with Gasteiger partial charge in [0.1, 0.15) is 5.73 Å². The standard InChI is InChI=1S/C19H36O6Si/c1-9-17(23-19(11-3)20-13-12-14-21-19)22-18(10-2)26(8,24-15(4)5)25-16(6)7/h17-18H,4,6,9-14H2,1-3,5,7-8H3. The number of allylic oxidation sites excluding steroid dienone is 2. The molecule has 0 amide bonds. The maximum atomic E-state index is 6.29. The van der Waals surface area contributed by atoms with Gasteiger partial charge in [-0.15, -0.1) is 0 Å². The first-order valence-electron chi connectivity index (χ1n) is 9.50. The van der Waals surface area contributed by atoms with Gasteiger partial charge in [-0.3, -0.25) is 4.74 Å². The molecule has 2 atom stereocenters. The second-order valence-corrected chi connectivity index (χ2v) is 9.78. The maximum Gasteiger partial charge on any atom is 0.486 e. The molecular weight excluding hydrogens is 352 g/mol. The molecule has 0 aromatic rings. The summed E-state index contributed by atoms with van der Waals surface area (Å²) in [5.74, 6) is 0.153. The smallest absolute Gasteiger partial charge is 0.486 e. The van der Waals surface area contributed by atoms with E-state index in [4.69, 9.17) is 27.8 Å². The fraction of sp³-hybridized carbons (Fsp3) is 0.789. The molecule has 1 fully saturated rings. The molecule has 0 aromatic heterocycles. The molecule has 0 radical (unpaired) electrons. The van der Waals surface area contributed by atoms with Crippen molar-refractivity contribution in [1.29, 1.82) is 0 Å². The summed E-state index contributed by atoms with van der Waals surface area (Å²) in [6.45, 7) is 20.5. The first-order valence-corrected chi connectivity index (χ1v) is 11.9. The third-order valence-corrected chi connectivity index (χ3v) is 7.26. The molecule has 6 nitrogen and oxygen atoms in total. The molecule has 0 aromatic carbocycles. The minimum absolute atomic E-state index is 0.265. The van der Waals surface area contributed by atoms with Gasteiger partial charge < -0.3 is 23.1 Å². The molecule has 1 heterocycles. The molecule has 1 aliphatic heterocycles. The second-order valence-electron chi connectivity index (χ2n) is 6.70. The van der Waals surface area contributed by atoms with Gasteiger partial charge in [0.05, 0.1) is 24.7 Å². The Balaban J connectivity index is 2.91. The van der Waals surface area contributed by atoms with E-state index in [9.17, 15) is 0 Å². The first kappa shape index (κ1) is 23.2. The number of rotatable bonds is 12. The molecule has 0 N–H and O–H groups in total. The van der Waals surface area contributed by atoms with Crippen LogP contribution in [0.1, 0.15) is 60.3 Å². The lowest BCUT2D eigenvalue weighted by Gasteiger charge is -2.40. The monoisotopic (exact) mass is 388 g/mol. The summed E-state index contributed by atoms with van der Waals surface area (Å²) in [5, 5.41) is 0. The zero-order valence-electron chi connectivity index (χ0n) is 17.3. The fourth-order valence-electron chi connectivity index (χ4n) is 2.94. The van der Waals surface area contributed by atoms with Crippen LogP contribution in [0.3, 0.4) is 0 Å². The van der Waals surface area contributed by atoms with Gasteiger partial charge in [0.2, 0.25) is 0 Å². The Morgan fingerprint density at radius 2 is 1.58 bits per heavy atom. The molecule has 0 spiro atoms. The highest BCUT2D eigenvalue weighted by atomic mass is 28.4. The third kappa shape index (κ3) is 6.70. The van der Waals surface area contributed by atoms with E-state index < -0.39 is 20.8 Å². The van der Waals surface area contributed by atoms with Crippen LogP contribution in [0.15, 0.2) is 24.7 Å². The average molecular weight is 389 g/mol. The van der Waals surface area contributed by atoms with E-state index >= 15 is 0 Å². The Kier molecular flexibility index (Phi) is 9.33. The molecule has 1 aliphatic rings. The lowest BCUT2D eigenvalue weighted by Crippen LogP contribution is -2.54. The molecule has 0 bridgehead atoms. The van der Waals surface area contributed by atoms with Crippen LogP contribution in [0.5, 0.6) is 0 Å². The van der Waals surface area contributed by atoms with Crippen LogP contribution in [0.4, 0.5) is 0 Å². The van der Waals surface area contributed by atoms with Crippen LogP contribution in [-0.2, 0) is 27.8 Å². The summed E-state index contributed by atoms with van der Waals surface area (Å²) >= 11 is 0. The fourth-order valence-corrected chi connectivity index (χ4v) is 5.77. The predicted octanol–water partition coefficient (Wildman–Crippen LogP) is 4.75. The first-order chi connectivity index (χ1) is 12.2. The van der Waals surface area contributed by atoms with E-state index in [2.05, 4.69) is 13.2 Å². The van der Waals surface area contributed by atoms with Crippen LogP contribution in [-0.4, -0.2) is 39.8 Å². The minimum Gasteiger partial charge on any atom is -0.515 e. The molecule has 0 aliphatic carbocycles. The topological polar surface area (TPSA) is 55.4 Å². The van der Waals surface area contributed by atoms with Gasteiger partial charge >= 0.3 is 8.56 Å². The van der Waals surface area contributed by atoms with Crippen molar-refractivity contribution in [2.75, 3.05) is 13.2 Å². The van der Waals surface area contributed by atoms with Gasteiger partial charge in [-0.25, -0.2) is 0 Å². The highest BCUT2D eigenvalue weighted by Crippen LogP contribution is 2.30. The third-order valence-electron chi connectivity index (χ3n) is 4.04. The van der Waals surface area contributed by atoms with E-state index in [1.807, 2.05) is 41.2 Å². The van der Waals surface area contributed by atoms with E-state index in [0.717, 1.165) is 6.42 Å². The number of hydrogen-bond acceptors (Lipinski definition) is 6. The van der Waals surface area contributed by atoms with Gasteiger partial charge in [0, 0.05) is 13.0 Å². The van der Waals surface area contributed by atoms with Gasteiger partial charge in [0.25, 0.3) is 5.97 Å². The second kappa shape index (κ2) is 10.5. The number of ether oxygens (including phenoxy) is 4. The van der Waals surface area contributed by atoms with Crippen LogP contribution in [0.25, 0.3) is 0 Å². The average Bonchev–Trinajstić information content (AvgIpc) is 2.57. The molecule has 0 saturated carbocycles. The summed E-state index contributed by atoms with van der Waals surface area (Å²) in [4.78, 5) is 0. The summed E-state index contributed by atoms with van der Waals surface area (Å²) in [5.41, 5.74) is -0.265. The molecule has 7 heteroatoms. The summed E-state index contributed by atoms with van der Waals surface area (Å²) in [7, 11) is -2.77. The van der Waals surface area contributed by atoms with E-state index in [0.29, 0.717) is 44.0 Å². The normalized spacial score (nSPS) is 19.5. The van der Waals surface area contributed by atoms with Crippen LogP contribution < -0.4 is 0 Å². The van der Waals surface area contributed by atoms with Crippen molar-refractivity contribution in [2.45, 2.75) is 84.8 Å². The molecule has 26 heavy (non-hydrogen) atoms. The van der Waals surface area contributed by atoms with Crippen molar-refractivity contribution in [1.82, 2.24) is 0 Å². The van der Waals surface area contributed by atoms with E-state index in [1.54, 1.807) is 0 Å². The SMILES string of the molecule is C=C(C)O[Si](C)(OC(=C)C)C(CC)OC(CC)OC1(CC)OCCCO1. The van der Waals surface area contributed by atoms with Crippen LogP contribution in [0, 0.1) is 0 Å². The van der Waals surface area contributed by atoms with Crippen molar-refractivity contribution in [2.24, 2.45) is 0 Å². The Bertz CT molecular complexity index is 445. The van der Waals surface area contributed by atoms with Gasteiger partial charge in [-0.05, 0) is 33.1 Å². The highest BCUT2D eigenvalue weighted by molar-refractivity contribution is 6.68. The van der Waals surface area contributed by atoms with Crippen LogP contribution in [0.2, 0.25) is 6.55 Å². The van der Waals surface area contributed by atoms with E-state index in [-0.39, 0.29) is 5.73 Å². The Morgan fingerprint density at radius 3 is 1.96 bits per heavy atom. The predicted molar refractivity (Wildman–Crippen MR) is 103 cm³/mol. The zero-order valence-corrected chi connectivity index (χ0v) is 18.3. The zero-order chi connectivity index (χ0) is 19.8. The van der Waals surface area contributed by atoms with Gasteiger partial charge in [0.15, 0.2) is 6.29 Å². The Hall–Kier alpha value is -0.863. The van der Waals surface area contributed by atoms with Gasteiger partial charge in [-0.2, -0.15) is 0 Å². The van der Waals surface area contributed by atoms with E-state index in [1.165, 1.54) is 0 Å². The lowest BCUT2D eigenvalue weighted by atomic mass is 10.3. The van der Waals surface area contributed by atoms with Crippen molar-refractivity contribution in [3.05, 3.63) is 24.7 Å². The molecule has 1 saturated heterocycles. The summed E-state index contributed by atoms with van der Waals surface area (Å²) < 4.78 is 36.0. The van der Waals surface area contributed by atoms with Crippen molar-refractivity contribution >= 4 is 8.56 Å². The minimum atomic E-state index is -2.77. The quantitative estimate of drug-likeness (QED) is 0.273. The van der Waals surface area contributed by atoms with Gasteiger partial charge in [-0.1, -0.05) is 33.9 Å². The Labute approximate surface area is 159 Å². The van der Waals surface area contributed by atoms with Crippen LogP contribution >= 0.6 is 0 Å². The molecule has 152 valence electrons. The summed E-state index contributed by atoms with van der Waals surface area (Å²) in [6, 6.07) is 0. The molecular formula is C19H36O6Si. The molecule has 2 unspecified atom stereocenters. The highest BCUT2D eigenvalue weighted by Gasteiger charge is 2.48. The number of hydrogen-bond donors (Lipinski definition) is 0. The maximum absolute atomic E-state index is 6.29. The Morgan fingerprint density at radius 1 is 1.04 bits per heavy atom. The molecule has 1 rings (SSSR count). The lowest BCUT2D eigenvalue weighted by molar-refractivity contribution is -0.436. The van der Waals surface area contributed by atoms with Crippen molar-refractivity contribution < 1.29 is 27.8 Å². The van der Waals surface area contributed by atoms with Crippen molar-refractivity contribution in [3.8, 4) is 0 Å². The summed E-state index contributed by atoms with van der Waals surface area (Å²) in [6.07, 6.45) is 2.32. The largest absolute Gasteiger partial charge is 0.515 e. The van der Waals surface area contributed by atoms with Crippen molar-refractivity contribution in [3.63, 3.8) is 0 Å².